The van der Waals surface area contributed by atoms with Gasteiger partial charge in [0.2, 0.25) is 0 Å². The molecule has 0 nitrogen and oxygen atoms in total. The zero-order valence-corrected chi connectivity index (χ0v) is 9.54. The van der Waals surface area contributed by atoms with E-state index < -0.39 is 0 Å². The van der Waals surface area contributed by atoms with Crippen molar-refractivity contribution in [2.45, 2.75) is 6.92 Å². The second-order valence-corrected chi connectivity index (χ2v) is 2.13. The van der Waals surface area contributed by atoms with E-state index in [-0.39, 0.29) is 0 Å². The third-order valence-corrected chi connectivity index (χ3v) is 1.00. The van der Waals surface area contributed by atoms with Crippen molar-refractivity contribution >= 4 is 22.6 Å². The van der Waals surface area contributed by atoms with E-state index in [0.29, 0.717) is 0 Å². The number of rotatable bonds is 0. The Kier molecular flexibility index (Phi) is 9.58. The fourth-order valence-corrected chi connectivity index (χ4v) is 0.471. The van der Waals surface area contributed by atoms with Crippen molar-refractivity contribution < 1.29 is 0 Å². The molecule has 0 bridgehead atoms. The molecule has 0 N–H and O–H groups in total. The van der Waals surface area contributed by atoms with Crippen LogP contribution in [0.1, 0.15) is 6.92 Å². The lowest BCUT2D eigenvalue weighted by atomic mass is 10.5. The van der Waals surface area contributed by atoms with Crippen LogP contribution in [0.5, 0.6) is 0 Å². The predicted molar refractivity (Wildman–Crippen MR) is 66.3 cm³/mol. The van der Waals surface area contributed by atoms with E-state index in [9.17, 15) is 0 Å². The largest absolute Gasteiger partial charge is 0.0925 e. The Labute approximate surface area is 98.4 Å². The number of hydrogen-bond acceptors (Lipinski definition) is 0. The summed E-state index contributed by atoms with van der Waals surface area (Å²) in [7, 11) is 0. The smallest absolute Gasteiger partial charge is 0.0192 e. The Bertz CT molecular complexity index is 487. The summed E-state index contributed by atoms with van der Waals surface area (Å²) in [6.07, 6.45) is 0. The van der Waals surface area contributed by atoms with Gasteiger partial charge in [0.25, 0.3) is 0 Å². The maximum absolute atomic E-state index is 2.63. The van der Waals surface area contributed by atoms with Crippen LogP contribution in [-0.2, 0) is 0 Å². The van der Waals surface area contributed by atoms with Gasteiger partial charge in [-0.3, -0.25) is 0 Å². The minimum Gasteiger partial charge on any atom is -0.0925 e. The zero-order valence-electron chi connectivity index (χ0n) is 7.38. The highest BCUT2D eigenvalue weighted by molar-refractivity contribution is 14.1. The van der Waals surface area contributed by atoms with Gasteiger partial charge in [0, 0.05) is 22.6 Å². The Hall–Kier alpha value is -1.91. The summed E-state index contributed by atoms with van der Waals surface area (Å²) in [5, 5.41) is 0. The predicted octanol–water partition coefficient (Wildman–Crippen LogP) is 1.42. The van der Waals surface area contributed by atoms with Crippen LogP contribution in [0.2, 0.25) is 0 Å². The van der Waals surface area contributed by atoms with Gasteiger partial charge in [0.05, 0.1) is 0 Å². The first-order chi connectivity index (χ1) is 6.91. The molecule has 0 aromatic carbocycles. The van der Waals surface area contributed by atoms with Crippen LogP contribution in [0, 0.1) is 69.1 Å². The number of halogens is 1. The van der Waals surface area contributed by atoms with Gasteiger partial charge in [0.1, 0.15) is 0 Å². The van der Waals surface area contributed by atoms with Gasteiger partial charge in [-0.2, -0.15) is 0 Å². The van der Waals surface area contributed by atoms with Crippen LogP contribution in [-0.4, -0.2) is 0 Å². The number of hydrogen-bond donors (Lipinski definition) is 0. The Morgan fingerprint density at radius 2 is 0.929 bits per heavy atom. The molecule has 0 aliphatic rings. The zero-order chi connectivity index (χ0) is 10.5. The highest BCUT2D eigenvalue weighted by Gasteiger charge is 1.55. The quantitative estimate of drug-likeness (QED) is 0.467. The lowest BCUT2D eigenvalue weighted by Crippen LogP contribution is -1.54. The lowest BCUT2D eigenvalue weighted by Gasteiger charge is -1.55. The van der Waals surface area contributed by atoms with Gasteiger partial charge in [-0.25, -0.2) is 0 Å². The van der Waals surface area contributed by atoms with Crippen molar-refractivity contribution in [3.8, 4) is 69.1 Å². The van der Waals surface area contributed by atoms with Crippen molar-refractivity contribution in [1.82, 2.24) is 0 Å². The van der Waals surface area contributed by atoms with E-state index in [1.807, 2.05) is 22.6 Å². The summed E-state index contributed by atoms with van der Waals surface area (Å²) in [6.45, 7) is 1.71. The molecule has 0 heterocycles. The molecule has 0 aromatic heterocycles. The van der Waals surface area contributed by atoms with Gasteiger partial charge in [-0.15, -0.1) is 0 Å². The first-order valence-corrected chi connectivity index (χ1v) is 4.52. The molecule has 62 valence electrons. The minimum atomic E-state index is 1.71. The molecular weight excluding hydrogens is 283 g/mol. The SMILES string of the molecule is CC#CC#CC#CC#CC#CC#CI. The summed E-state index contributed by atoms with van der Waals surface area (Å²) in [4.78, 5) is 0. The van der Waals surface area contributed by atoms with E-state index >= 15 is 0 Å². The molecule has 0 amide bonds. The molecule has 0 atom stereocenters. The maximum atomic E-state index is 2.63. The topological polar surface area (TPSA) is 0 Å². The van der Waals surface area contributed by atoms with Crippen LogP contribution < -0.4 is 0 Å². The van der Waals surface area contributed by atoms with E-state index in [4.69, 9.17) is 0 Å². The summed E-state index contributed by atoms with van der Waals surface area (Å²) in [6, 6.07) is 0. The van der Waals surface area contributed by atoms with Crippen molar-refractivity contribution in [2.75, 3.05) is 0 Å². The average molecular weight is 286 g/mol. The van der Waals surface area contributed by atoms with Crippen molar-refractivity contribution in [1.29, 1.82) is 0 Å². The van der Waals surface area contributed by atoms with Crippen LogP contribution in [0.4, 0.5) is 0 Å². The summed E-state index contributed by atoms with van der Waals surface area (Å²) < 4.78 is 2.60. The Balaban J connectivity index is 4.16. The molecule has 0 rings (SSSR count). The fraction of sp³-hybridized carbons (Fsp3) is 0.0769. The Morgan fingerprint density at radius 3 is 1.29 bits per heavy atom. The monoisotopic (exact) mass is 286 g/mol. The molecule has 1 heteroatoms. The lowest BCUT2D eigenvalue weighted by molar-refractivity contribution is 1.92. The van der Waals surface area contributed by atoms with Crippen LogP contribution in [0.15, 0.2) is 0 Å². The summed E-state index contributed by atoms with van der Waals surface area (Å²) in [5.74, 6) is 27.9. The summed E-state index contributed by atoms with van der Waals surface area (Å²) in [5.41, 5.74) is 0. The normalized spacial score (nSPS) is 3.86. The van der Waals surface area contributed by atoms with E-state index in [2.05, 4.69) is 69.1 Å². The van der Waals surface area contributed by atoms with Gasteiger partial charge in [0.15, 0.2) is 0 Å². The molecule has 0 radical (unpaired) electrons. The highest BCUT2D eigenvalue weighted by atomic mass is 127. The standard InChI is InChI=1S/C13H3I/c1-2-3-4-5-6-7-8-9-10-11-12-13-14/h1H3. The highest BCUT2D eigenvalue weighted by Crippen LogP contribution is 1.67. The van der Waals surface area contributed by atoms with Crippen molar-refractivity contribution in [2.24, 2.45) is 0 Å². The van der Waals surface area contributed by atoms with Crippen LogP contribution in [0.25, 0.3) is 0 Å². The van der Waals surface area contributed by atoms with Gasteiger partial charge >= 0.3 is 0 Å². The van der Waals surface area contributed by atoms with Crippen molar-refractivity contribution in [3.05, 3.63) is 0 Å². The molecule has 0 aromatic rings. The van der Waals surface area contributed by atoms with Crippen LogP contribution in [0.3, 0.4) is 0 Å². The molecule has 0 aliphatic heterocycles. The van der Waals surface area contributed by atoms with Gasteiger partial charge in [-0.1, -0.05) is 5.92 Å². The summed E-state index contributed by atoms with van der Waals surface area (Å²) >= 11 is 1.90. The fourth-order valence-electron chi connectivity index (χ4n) is 0.336. The second kappa shape index (κ2) is 11.1. The minimum absolute atomic E-state index is 1.71. The molecule has 0 aliphatic carbocycles. The third-order valence-electron chi connectivity index (χ3n) is 0.735. The maximum Gasteiger partial charge on any atom is 0.0192 e. The van der Waals surface area contributed by atoms with Gasteiger partial charge in [-0.05, 0) is 70.1 Å². The third kappa shape index (κ3) is 10.1. The molecule has 0 saturated carbocycles. The molecule has 0 fully saturated rings. The average Bonchev–Trinajstić information content (AvgIpc) is 2.21. The van der Waals surface area contributed by atoms with Gasteiger partial charge < -0.3 is 0 Å². The van der Waals surface area contributed by atoms with E-state index in [1.165, 1.54) is 0 Å². The first-order valence-electron chi connectivity index (χ1n) is 3.44. The molecule has 0 unspecified atom stereocenters. The van der Waals surface area contributed by atoms with E-state index in [1.54, 1.807) is 6.92 Å². The molecule has 14 heavy (non-hydrogen) atoms. The van der Waals surface area contributed by atoms with E-state index in [0.717, 1.165) is 0 Å². The van der Waals surface area contributed by atoms with Crippen molar-refractivity contribution in [3.63, 3.8) is 0 Å². The first kappa shape index (κ1) is 12.1. The molecular formula is C13H3I. The second-order valence-electron chi connectivity index (χ2n) is 1.59. The molecule has 0 saturated heterocycles. The Morgan fingerprint density at radius 1 is 0.571 bits per heavy atom. The van der Waals surface area contributed by atoms with Crippen LogP contribution >= 0.6 is 22.6 Å². The molecule has 0 spiro atoms.